The van der Waals surface area contributed by atoms with Crippen molar-refractivity contribution in [3.8, 4) is 22.8 Å². The Balaban J connectivity index is 1.18. The quantitative estimate of drug-likeness (QED) is 0.187. The molecule has 1 aliphatic heterocycles. The van der Waals surface area contributed by atoms with Gasteiger partial charge in [0.05, 0.1) is 23.7 Å². The Labute approximate surface area is 259 Å². The monoisotopic (exact) mass is 641 g/mol. The van der Waals surface area contributed by atoms with E-state index in [0.29, 0.717) is 40.3 Å². The van der Waals surface area contributed by atoms with Crippen LogP contribution in [0.25, 0.3) is 17.1 Å². The summed E-state index contributed by atoms with van der Waals surface area (Å²) in [6, 6.07) is 15.5. The standard InChI is InChI=1S/C31H27F4N5O4S/c1-18(2)24-15-25(32)19(3)14-26(24)40-27(41)16-45-29(40)37-30(42)43-13-12-20-4-6-21(7-5-20)28-36-17-39(38-28)22-8-10-23(11-9-22)44-31(33,34)35/h4-11,14-15,17-18H,12-13,16H2,1-3H3/b37-29-. The lowest BCUT2D eigenvalue weighted by Gasteiger charge is -2.22. The van der Waals surface area contributed by atoms with E-state index in [1.165, 1.54) is 46.2 Å². The molecular formula is C31H27F4N5O4S. The van der Waals surface area contributed by atoms with E-state index in [0.717, 1.165) is 17.3 Å². The van der Waals surface area contributed by atoms with Gasteiger partial charge in [-0.1, -0.05) is 49.9 Å². The normalized spacial score (nSPS) is 14.4. The van der Waals surface area contributed by atoms with Crippen LogP contribution in [0, 0.1) is 12.7 Å². The number of carbonyl (C=O) groups is 2. The zero-order valence-electron chi connectivity index (χ0n) is 24.3. The fraction of sp³-hybridized carbons (Fsp3) is 0.258. The van der Waals surface area contributed by atoms with Gasteiger partial charge in [-0.2, -0.15) is 4.99 Å². The first-order chi connectivity index (χ1) is 21.4. The van der Waals surface area contributed by atoms with Crippen LogP contribution in [0.15, 0.2) is 72.0 Å². The van der Waals surface area contributed by atoms with E-state index >= 15 is 0 Å². The number of anilines is 1. The number of aromatic nitrogens is 3. The zero-order chi connectivity index (χ0) is 32.3. The van der Waals surface area contributed by atoms with Crippen LogP contribution in [-0.4, -0.2) is 50.7 Å². The molecule has 2 amide bonds. The Morgan fingerprint density at radius 1 is 1.09 bits per heavy atom. The minimum atomic E-state index is -4.77. The number of benzene rings is 3. The molecule has 1 aromatic heterocycles. The van der Waals surface area contributed by atoms with E-state index in [9.17, 15) is 27.2 Å². The molecule has 4 aromatic rings. The number of alkyl halides is 3. The Morgan fingerprint density at radius 3 is 2.47 bits per heavy atom. The molecular weight excluding hydrogens is 614 g/mol. The van der Waals surface area contributed by atoms with Gasteiger partial charge in [-0.15, -0.1) is 18.3 Å². The van der Waals surface area contributed by atoms with Gasteiger partial charge in [0, 0.05) is 12.0 Å². The molecule has 0 saturated carbocycles. The summed E-state index contributed by atoms with van der Waals surface area (Å²) in [4.78, 5) is 34.9. The maximum atomic E-state index is 14.3. The lowest BCUT2D eigenvalue weighted by Crippen LogP contribution is -2.31. The van der Waals surface area contributed by atoms with Gasteiger partial charge in [0.15, 0.2) is 11.0 Å². The molecule has 0 unspecified atom stereocenters. The average molecular weight is 642 g/mol. The molecule has 1 aliphatic rings. The second-order valence-corrected chi connectivity index (χ2v) is 11.3. The van der Waals surface area contributed by atoms with Crippen molar-refractivity contribution < 1.29 is 36.6 Å². The number of amidine groups is 1. The molecule has 0 radical (unpaired) electrons. The molecule has 2 heterocycles. The first-order valence-electron chi connectivity index (χ1n) is 13.8. The van der Waals surface area contributed by atoms with E-state index in [-0.39, 0.29) is 40.9 Å². The summed E-state index contributed by atoms with van der Waals surface area (Å²) in [5, 5.41) is 4.57. The molecule has 1 saturated heterocycles. The van der Waals surface area contributed by atoms with Gasteiger partial charge in [0.25, 0.3) is 0 Å². The molecule has 234 valence electrons. The van der Waals surface area contributed by atoms with E-state index in [4.69, 9.17) is 4.74 Å². The van der Waals surface area contributed by atoms with Crippen LogP contribution >= 0.6 is 11.8 Å². The summed E-state index contributed by atoms with van der Waals surface area (Å²) in [7, 11) is 0. The van der Waals surface area contributed by atoms with Crippen molar-refractivity contribution >= 4 is 34.6 Å². The van der Waals surface area contributed by atoms with Gasteiger partial charge in [-0.25, -0.2) is 18.9 Å². The van der Waals surface area contributed by atoms with Crippen LogP contribution in [0.2, 0.25) is 0 Å². The Kier molecular flexibility index (Phi) is 9.23. The molecule has 0 bridgehead atoms. The van der Waals surface area contributed by atoms with Crippen molar-refractivity contribution in [3.05, 3.63) is 89.5 Å². The van der Waals surface area contributed by atoms with Crippen LogP contribution in [-0.2, 0) is 16.0 Å². The maximum absolute atomic E-state index is 14.3. The molecule has 1 fully saturated rings. The van der Waals surface area contributed by atoms with E-state index in [2.05, 4.69) is 19.8 Å². The summed E-state index contributed by atoms with van der Waals surface area (Å²) < 4.78 is 62.1. The second kappa shape index (κ2) is 13.1. The maximum Gasteiger partial charge on any atom is 0.573 e. The molecule has 3 aromatic carbocycles. The number of thioether (sulfide) groups is 1. The van der Waals surface area contributed by atoms with Crippen LogP contribution in [0.5, 0.6) is 5.75 Å². The number of amides is 2. The number of nitrogens with zero attached hydrogens (tertiary/aromatic N) is 5. The molecule has 0 aliphatic carbocycles. The smallest absolute Gasteiger partial charge is 0.448 e. The Bertz CT molecular complexity index is 1740. The number of hydrogen-bond donors (Lipinski definition) is 0. The summed E-state index contributed by atoms with van der Waals surface area (Å²) in [5.74, 6) is -0.525. The van der Waals surface area contributed by atoms with Crippen LogP contribution in [0.4, 0.5) is 28.0 Å². The van der Waals surface area contributed by atoms with Gasteiger partial charge >= 0.3 is 12.5 Å². The highest BCUT2D eigenvalue weighted by atomic mass is 32.2. The highest BCUT2D eigenvalue weighted by molar-refractivity contribution is 8.15. The van der Waals surface area contributed by atoms with Crippen molar-refractivity contribution in [1.29, 1.82) is 0 Å². The molecule has 14 heteroatoms. The van der Waals surface area contributed by atoms with Gasteiger partial charge in [0.1, 0.15) is 17.9 Å². The predicted octanol–water partition coefficient (Wildman–Crippen LogP) is 7.22. The molecule has 0 atom stereocenters. The van der Waals surface area contributed by atoms with Crippen LogP contribution in [0.3, 0.4) is 0 Å². The summed E-state index contributed by atoms with van der Waals surface area (Å²) in [6.45, 7) is 5.44. The summed E-state index contributed by atoms with van der Waals surface area (Å²) in [6.07, 6.45) is -3.77. The Morgan fingerprint density at radius 2 is 1.80 bits per heavy atom. The number of aliphatic imine (C=N–C) groups is 1. The van der Waals surface area contributed by atoms with Crippen molar-refractivity contribution in [2.75, 3.05) is 17.3 Å². The lowest BCUT2D eigenvalue weighted by atomic mass is 9.98. The number of rotatable bonds is 8. The van der Waals surface area contributed by atoms with Crippen LogP contribution in [0.1, 0.15) is 36.5 Å². The molecule has 5 rings (SSSR count). The molecule has 9 nitrogen and oxygen atoms in total. The minimum absolute atomic E-state index is 0.0431. The predicted molar refractivity (Wildman–Crippen MR) is 161 cm³/mol. The van der Waals surface area contributed by atoms with Gasteiger partial charge in [0.2, 0.25) is 5.91 Å². The number of aryl methyl sites for hydroxylation is 1. The van der Waals surface area contributed by atoms with Gasteiger partial charge in [-0.05, 0) is 65.9 Å². The number of carbonyl (C=O) groups excluding carboxylic acids is 2. The largest absolute Gasteiger partial charge is 0.573 e. The third-order valence-electron chi connectivity index (χ3n) is 6.78. The van der Waals surface area contributed by atoms with Gasteiger partial charge in [-0.3, -0.25) is 9.69 Å². The highest BCUT2D eigenvalue weighted by Crippen LogP contribution is 2.35. The van der Waals surface area contributed by atoms with Crippen LogP contribution < -0.4 is 9.64 Å². The van der Waals surface area contributed by atoms with Crippen molar-refractivity contribution in [1.82, 2.24) is 14.8 Å². The fourth-order valence-electron chi connectivity index (χ4n) is 4.53. The van der Waals surface area contributed by atoms with E-state index < -0.39 is 12.5 Å². The summed E-state index contributed by atoms with van der Waals surface area (Å²) >= 11 is 1.12. The number of hydrogen-bond acceptors (Lipinski definition) is 7. The third kappa shape index (κ3) is 7.69. The van der Waals surface area contributed by atoms with E-state index in [1.807, 2.05) is 26.0 Å². The highest BCUT2D eigenvalue weighted by Gasteiger charge is 2.33. The van der Waals surface area contributed by atoms with Gasteiger partial charge < -0.3 is 9.47 Å². The number of ether oxygens (including phenoxy) is 2. The van der Waals surface area contributed by atoms with Crippen molar-refractivity contribution in [2.45, 2.75) is 39.5 Å². The lowest BCUT2D eigenvalue weighted by molar-refractivity contribution is -0.274. The second-order valence-electron chi connectivity index (χ2n) is 10.3. The average Bonchev–Trinajstić information content (AvgIpc) is 3.61. The fourth-order valence-corrected chi connectivity index (χ4v) is 5.38. The number of halogens is 4. The minimum Gasteiger partial charge on any atom is -0.448 e. The molecule has 45 heavy (non-hydrogen) atoms. The molecule has 0 spiro atoms. The topological polar surface area (TPSA) is 98.9 Å². The molecule has 0 N–H and O–H groups in total. The SMILES string of the molecule is Cc1cc(N2C(=O)CS/C2=N\C(=O)OCCc2ccc(-c3ncn(-c4ccc(OC(F)(F)F)cc4)n3)cc2)c(C(C)C)cc1F. The first-order valence-corrected chi connectivity index (χ1v) is 14.7. The Hall–Kier alpha value is -4.72. The first kappa shape index (κ1) is 31.7. The van der Waals surface area contributed by atoms with Crippen molar-refractivity contribution in [3.63, 3.8) is 0 Å². The van der Waals surface area contributed by atoms with Crippen molar-refractivity contribution in [2.24, 2.45) is 4.99 Å². The third-order valence-corrected chi connectivity index (χ3v) is 7.70. The van der Waals surface area contributed by atoms with E-state index in [1.54, 1.807) is 25.1 Å². The summed E-state index contributed by atoms with van der Waals surface area (Å²) in [5.41, 5.74) is 3.59. The zero-order valence-corrected chi connectivity index (χ0v) is 25.2.